The Hall–Kier alpha value is -0.830. The number of alkyl halides is 1. The molecular formula is C15H22BrNO. The van der Waals surface area contributed by atoms with E-state index in [1.165, 1.54) is 5.56 Å². The van der Waals surface area contributed by atoms with Gasteiger partial charge < -0.3 is 4.90 Å². The Morgan fingerprint density at radius 1 is 1.28 bits per heavy atom. The fraction of sp³-hybridized carbons (Fsp3) is 0.533. The summed E-state index contributed by atoms with van der Waals surface area (Å²) in [7, 11) is 0. The Bertz CT molecular complexity index is 373. The molecule has 0 radical (unpaired) electrons. The molecule has 0 unspecified atom stereocenters. The second kappa shape index (κ2) is 7.57. The molecule has 0 spiro atoms. The fourth-order valence-electron chi connectivity index (χ4n) is 1.87. The minimum atomic E-state index is 0.133. The topological polar surface area (TPSA) is 20.3 Å². The van der Waals surface area contributed by atoms with Gasteiger partial charge in [0.15, 0.2) is 0 Å². The second-order valence-electron chi connectivity index (χ2n) is 4.69. The van der Waals surface area contributed by atoms with Crippen molar-refractivity contribution < 1.29 is 4.79 Å². The number of benzene rings is 1. The normalized spacial score (nSPS) is 10.7. The third kappa shape index (κ3) is 4.13. The van der Waals surface area contributed by atoms with Crippen molar-refractivity contribution in [2.75, 3.05) is 11.9 Å². The summed E-state index contributed by atoms with van der Waals surface area (Å²) < 4.78 is 0. The van der Waals surface area contributed by atoms with Crippen LogP contribution in [0.25, 0.3) is 0 Å². The van der Waals surface area contributed by atoms with Crippen LogP contribution in [0.4, 0.5) is 0 Å². The monoisotopic (exact) mass is 311 g/mol. The summed E-state index contributed by atoms with van der Waals surface area (Å²) in [5.74, 6) is 0.133. The lowest BCUT2D eigenvalue weighted by Gasteiger charge is -2.26. The molecule has 1 aromatic rings. The number of aryl methyl sites for hydroxylation is 1. The predicted molar refractivity (Wildman–Crippen MR) is 80.4 cm³/mol. The van der Waals surface area contributed by atoms with Crippen molar-refractivity contribution in [3.05, 3.63) is 35.4 Å². The smallest absolute Gasteiger partial charge is 0.254 e. The lowest BCUT2D eigenvalue weighted by atomic mass is 10.1. The number of amides is 1. The van der Waals surface area contributed by atoms with Crippen LogP contribution in [0.15, 0.2) is 24.3 Å². The summed E-state index contributed by atoms with van der Waals surface area (Å²) in [5, 5.41) is 0.929. The molecular weight excluding hydrogens is 290 g/mol. The molecule has 0 aliphatic carbocycles. The van der Waals surface area contributed by atoms with Gasteiger partial charge in [0.05, 0.1) is 0 Å². The zero-order valence-electron chi connectivity index (χ0n) is 11.4. The highest BCUT2D eigenvalue weighted by Crippen LogP contribution is 2.11. The molecule has 0 saturated carbocycles. The van der Waals surface area contributed by atoms with Crippen molar-refractivity contribution in [1.82, 2.24) is 4.90 Å². The standard InChI is InChI=1S/C15H22BrNO/c1-4-13-6-8-14(9-7-13)15(18)17(12(2)3)11-5-10-16/h6-9,12H,4-5,10-11H2,1-3H3. The van der Waals surface area contributed by atoms with E-state index in [1.54, 1.807) is 0 Å². The molecule has 0 saturated heterocycles. The van der Waals surface area contributed by atoms with Gasteiger partial charge in [-0.2, -0.15) is 0 Å². The predicted octanol–water partition coefficient (Wildman–Crippen LogP) is 3.88. The molecule has 1 rings (SSSR count). The van der Waals surface area contributed by atoms with E-state index in [0.717, 1.165) is 30.3 Å². The van der Waals surface area contributed by atoms with Crippen molar-refractivity contribution >= 4 is 21.8 Å². The van der Waals surface area contributed by atoms with Gasteiger partial charge in [-0.15, -0.1) is 0 Å². The number of carbonyl (C=O) groups excluding carboxylic acids is 1. The van der Waals surface area contributed by atoms with Crippen LogP contribution in [0.5, 0.6) is 0 Å². The van der Waals surface area contributed by atoms with Gasteiger partial charge in [-0.05, 0) is 44.4 Å². The molecule has 1 aromatic carbocycles. The summed E-state index contributed by atoms with van der Waals surface area (Å²) in [5.41, 5.74) is 2.05. The average Bonchev–Trinajstić information content (AvgIpc) is 2.38. The third-order valence-electron chi connectivity index (χ3n) is 3.03. The molecule has 0 aliphatic rings. The maximum absolute atomic E-state index is 12.4. The molecule has 0 aromatic heterocycles. The quantitative estimate of drug-likeness (QED) is 0.730. The van der Waals surface area contributed by atoms with E-state index in [1.807, 2.05) is 29.2 Å². The second-order valence-corrected chi connectivity index (χ2v) is 5.48. The first-order valence-electron chi connectivity index (χ1n) is 6.56. The summed E-state index contributed by atoms with van der Waals surface area (Å²) >= 11 is 3.41. The first-order valence-corrected chi connectivity index (χ1v) is 7.68. The molecule has 3 heteroatoms. The van der Waals surface area contributed by atoms with Crippen LogP contribution >= 0.6 is 15.9 Å². The number of nitrogens with zero attached hydrogens (tertiary/aromatic N) is 1. The highest BCUT2D eigenvalue weighted by molar-refractivity contribution is 9.09. The van der Waals surface area contributed by atoms with Crippen LogP contribution < -0.4 is 0 Å². The molecule has 0 fully saturated rings. The fourth-order valence-corrected chi connectivity index (χ4v) is 2.12. The van der Waals surface area contributed by atoms with Crippen molar-refractivity contribution in [3.63, 3.8) is 0 Å². The zero-order valence-corrected chi connectivity index (χ0v) is 13.0. The highest BCUT2D eigenvalue weighted by Gasteiger charge is 2.17. The van der Waals surface area contributed by atoms with Gasteiger partial charge in [0.2, 0.25) is 0 Å². The average molecular weight is 312 g/mol. The molecule has 100 valence electrons. The van der Waals surface area contributed by atoms with Crippen LogP contribution in [-0.2, 0) is 6.42 Å². The van der Waals surface area contributed by atoms with Gasteiger partial charge >= 0.3 is 0 Å². The Labute approximate surface area is 119 Å². The van der Waals surface area contributed by atoms with Crippen LogP contribution in [0.2, 0.25) is 0 Å². The third-order valence-corrected chi connectivity index (χ3v) is 3.59. The van der Waals surface area contributed by atoms with Gasteiger partial charge in [0, 0.05) is 23.5 Å². The summed E-state index contributed by atoms with van der Waals surface area (Å²) in [6, 6.07) is 8.18. The molecule has 0 N–H and O–H groups in total. The Morgan fingerprint density at radius 2 is 1.89 bits per heavy atom. The van der Waals surface area contributed by atoms with E-state index in [9.17, 15) is 4.79 Å². The van der Waals surface area contributed by atoms with Crippen molar-refractivity contribution in [2.24, 2.45) is 0 Å². The number of halogens is 1. The maximum atomic E-state index is 12.4. The minimum Gasteiger partial charge on any atom is -0.336 e. The molecule has 2 nitrogen and oxygen atoms in total. The zero-order chi connectivity index (χ0) is 13.5. The van der Waals surface area contributed by atoms with E-state index in [4.69, 9.17) is 0 Å². The number of hydrogen-bond donors (Lipinski definition) is 0. The Balaban J connectivity index is 2.80. The molecule has 0 heterocycles. The van der Waals surface area contributed by atoms with Crippen molar-refractivity contribution in [1.29, 1.82) is 0 Å². The highest BCUT2D eigenvalue weighted by atomic mass is 79.9. The van der Waals surface area contributed by atoms with E-state index in [0.29, 0.717) is 0 Å². The number of hydrogen-bond acceptors (Lipinski definition) is 1. The number of rotatable bonds is 6. The minimum absolute atomic E-state index is 0.133. The lowest BCUT2D eigenvalue weighted by molar-refractivity contribution is 0.0706. The van der Waals surface area contributed by atoms with Crippen molar-refractivity contribution in [3.8, 4) is 0 Å². The molecule has 0 atom stereocenters. The van der Waals surface area contributed by atoms with Gasteiger partial charge in [-0.3, -0.25) is 4.79 Å². The summed E-state index contributed by atoms with van der Waals surface area (Å²) in [4.78, 5) is 14.3. The maximum Gasteiger partial charge on any atom is 0.254 e. The summed E-state index contributed by atoms with van der Waals surface area (Å²) in [6.07, 6.45) is 1.99. The van der Waals surface area contributed by atoms with Crippen LogP contribution in [0.1, 0.15) is 43.1 Å². The van der Waals surface area contributed by atoms with E-state index >= 15 is 0 Å². The lowest BCUT2D eigenvalue weighted by Crippen LogP contribution is -2.37. The SMILES string of the molecule is CCc1ccc(C(=O)N(CCCBr)C(C)C)cc1. The van der Waals surface area contributed by atoms with E-state index < -0.39 is 0 Å². The van der Waals surface area contributed by atoms with E-state index in [-0.39, 0.29) is 11.9 Å². The molecule has 0 aliphatic heterocycles. The molecule has 1 amide bonds. The summed E-state index contributed by atoms with van der Waals surface area (Å²) in [6.45, 7) is 7.05. The molecule has 0 bridgehead atoms. The van der Waals surface area contributed by atoms with Crippen molar-refractivity contribution in [2.45, 2.75) is 39.7 Å². The Kier molecular flexibility index (Phi) is 6.41. The first-order chi connectivity index (χ1) is 8.60. The van der Waals surface area contributed by atoms with Gasteiger partial charge in [-0.1, -0.05) is 35.0 Å². The number of carbonyl (C=O) groups is 1. The Morgan fingerprint density at radius 3 is 2.33 bits per heavy atom. The van der Waals surface area contributed by atoms with E-state index in [2.05, 4.69) is 36.7 Å². The van der Waals surface area contributed by atoms with Crippen LogP contribution in [-0.4, -0.2) is 28.7 Å². The van der Waals surface area contributed by atoms with Gasteiger partial charge in [0.25, 0.3) is 5.91 Å². The van der Waals surface area contributed by atoms with Crippen LogP contribution in [0, 0.1) is 0 Å². The first kappa shape index (κ1) is 15.2. The van der Waals surface area contributed by atoms with Gasteiger partial charge in [-0.25, -0.2) is 0 Å². The van der Waals surface area contributed by atoms with Gasteiger partial charge in [0.1, 0.15) is 0 Å². The van der Waals surface area contributed by atoms with Crippen LogP contribution in [0.3, 0.4) is 0 Å². The molecule has 18 heavy (non-hydrogen) atoms. The largest absolute Gasteiger partial charge is 0.336 e.